The minimum absolute atomic E-state index is 0.107. The minimum atomic E-state index is -0.507. The standard InChI is InChI=1S/C19H22FN5O2/c1-13-11-24(9-10-25(13)17-4-2-3-16(20)23-17)12-18(26)22-15-7-5-14(6-8-15)19(21)27/h2-8,13H,9-12H2,1H3,(H2,21,27)(H,22,26). The van der Waals surface area contributed by atoms with Gasteiger partial charge in [0.25, 0.3) is 0 Å². The summed E-state index contributed by atoms with van der Waals surface area (Å²) >= 11 is 0. The quantitative estimate of drug-likeness (QED) is 0.777. The van der Waals surface area contributed by atoms with Gasteiger partial charge >= 0.3 is 0 Å². The van der Waals surface area contributed by atoms with Gasteiger partial charge in [0, 0.05) is 36.9 Å². The lowest BCUT2D eigenvalue weighted by Gasteiger charge is -2.40. The number of rotatable bonds is 5. The normalized spacial score (nSPS) is 17.6. The molecule has 1 aromatic carbocycles. The van der Waals surface area contributed by atoms with Crippen molar-refractivity contribution < 1.29 is 14.0 Å². The van der Waals surface area contributed by atoms with Crippen molar-refractivity contribution in [3.63, 3.8) is 0 Å². The van der Waals surface area contributed by atoms with Crippen molar-refractivity contribution in [2.24, 2.45) is 5.73 Å². The molecule has 2 heterocycles. The first-order valence-corrected chi connectivity index (χ1v) is 8.73. The van der Waals surface area contributed by atoms with Crippen LogP contribution in [-0.2, 0) is 4.79 Å². The lowest BCUT2D eigenvalue weighted by Crippen LogP contribution is -2.53. The molecule has 1 aliphatic heterocycles. The smallest absolute Gasteiger partial charge is 0.248 e. The molecule has 7 nitrogen and oxygen atoms in total. The van der Waals surface area contributed by atoms with Crippen molar-refractivity contribution >= 4 is 23.3 Å². The fourth-order valence-corrected chi connectivity index (χ4v) is 3.20. The molecule has 2 amide bonds. The van der Waals surface area contributed by atoms with Crippen LogP contribution in [0.1, 0.15) is 17.3 Å². The van der Waals surface area contributed by atoms with Crippen LogP contribution in [0.15, 0.2) is 42.5 Å². The zero-order chi connectivity index (χ0) is 19.4. The van der Waals surface area contributed by atoms with Crippen LogP contribution >= 0.6 is 0 Å². The molecule has 0 bridgehead atoms. The third kappa shape index (κ3) is 4.79. The van der Waals surface area contributed by atoms with Crippen molar-refractivity contribution in [2.45, 2.75) is 13.0 Å². The van der Waals surface area contributed by atoms with Gasteiger partial charge in [0.15, 0.2) is 0 Å². The molecule has 3 rings (SSSR count). The third-order valence-corrected chi connectivity index (χ3v) is 4.53. The molecule has 0 radical (unpaired) electrons. The molecule has 0 aliphatic carbocycles. The van der Waals surface area contributed by atoms with Gasteiger partial charge in [-0.25, -0.2) is 4.98 Å². The Labute approximate surface area is 157 Å². The van der Waals surface area contributed by atoms with Crippen LogP contribution < -0.4 is 16.0 Å². The van der Waals surface area contributed by atoms with E-state index in [-0.39, 0.29) is 18.5 Å². The van der Waals surface area contributed by atoms with Crippen molar-refractivity contribution in [3.8, 4) is 0 Å². The molecule has 8 heteroatoms. The summed E-state index contributed by atoms with van der Waals surface area (Å²) in [4.78, 5) is 31.4. The Morgan fingerprint density at radius 2 is 1.96 bits per heavy atom. The lowest BCUT2D eigenvalue weighted by molar-refractivity contribution is -0.117. The zero-order valence-corrected chi connectivity index (χ0v) is 15.1. The maximum Gasteiger partial charge on any atom is 0.248 e. The fraction of sp³-hybridized carbons (Fsp3) is 0.316. The van der Waals surface area contributed by atoms with Gasteiger partial charge in [-0.2, -0.15) is 4.39 Å². The second-order valence-electron chi connectivity index (χ2n) is 6.59. The predicted octanol–water partition coefficient (Wildman–Crippen LogP) is 1.47. The van der Waals surface area contributed by atoms with Crippen LogP contribution in [0, 0.1) is 5.95 Å². The Kier molecular flexibility index (Phi) is 5.66. The minimum Gasteiger partial charge on any atom is -0.366 e. The van der Waals surface area contributed by atoms with Gasteiger partial charge in [0.05, 0.1) is 6.54 Å². The third-order valence-electron chi connectivity index (χ3n) is 4.53. The van der Waals surface area contributed by atoms with E-state index < -0.39 is 11.9 Å². The molecule has 0 spiro atoms. The van der Waals surface area contributed by atoms with E-state index in [2.05, 4.69) is 10.3 Å². The summed E-state index contributed by atoms with van der Waals surface area (Å²) in [7, 11) is 0. The molecule has 1 atom stereocenters. The highest BCUT2D eigenvalue weighted by Crippen LogP contribution is 2.18. The number of benzene rings is 1. The van der Waals surface area contributed by atoms with Crippen molar-refractivity contribution in [2.75, 3.05) is 36.4 Å². The monoisotopic (exact) mass is 371 g/mol. The number of carbonyl (C=O) groups excluding carboxylic acids is 2. The summed E-state index contributed by atoms with van der Waals surface area (Å²) in [5.74, 6) is -0.524. The highest BCUT2D eigenvalue weighted by atomic mass is 19.1. The maximum atomic E-state index is 13.3. The first-order chi connectivity index (χ1) is 12.9. The summed E-state index contributed by atoms with van der Waals surface area (Å²) in [5, 5.41) is 2.81. The van der Waals surface area contributed by atoms with E-state index in [9.17, 15) is 14.0 Å². The maximum absolute atomic E-state index is 13.3. The highest BCUT2D eigenvalue weighted by Gasteiger charge is 2.26. The number of nitrogens with one attached hydrogen (secondary N) is 1. The van der Waals surface area contributed by atoms with Gasteiger partial charge in [-0.15, -0.1) is 0 Å². The Hall–Kier alpha value is -3.00. The van der Waals surface area contributed by atoms with Crippen molar-refractivity contribution in [1.82, 2.24) is 9.88 Å². The summed E-state index contributed by atoms with van der Waals surface area (Å²) in [6.07, 6.45) is 0. The summed E-state index contributed by atoms with van der Waals surface area (Å²) in [6, 6.07) is 11.3. The molecule has 1 saturated heterocycles. The summed E-state index contributed by atoms with van der Waals surface area (Å²) < 4.78 is 13.3. The predicted molar refractivity (Wildman–Crippen MR) is 101 cm³/mol. The largest absolute Gasteiger partial charge is 0.366 e. The lowest BCUT2D eigenvalue weighted by atomic mass is 10.2. The van der Waals surface area contributed by atoms with Gasteiger partial charge in [-0.1, -0.05) is 6.07 Å². The Morgan fingerprint density at radius 3 is 2.59 bits per heavy atom. The van der Waals surface area contributed by atoms with Crippen molar-refractivity contribution in [1.29, 1.82) is 0 Å². The van der Waals surface area contributed by atoms with E-state index in [0.717, 1.165) is 0 Å². The van der Waals surface area contributed by atoms with Crippen LogP contribution in [0.5, 0.6) is 0 Å². The van der Waals surface area contributed by atoms with E-state index in [1.165, 1.54) is 6.07 Å². The number of pyridine rings is 1. The van der Waals surface area contributed by atoms with Gasteiger partial charge < -0.3 is 16.0 Å². The molecule has 1 fully saturated rings. The number of nitrogens with two attached hydrogens (primary N) is 1. The van der Waals surface area contributed by atoms with Crippen LogP contribution in [0.25, 0.3) is 0 Å². The summed E-state index contributed by atoms with van der Waals surface area (Å²) in [5.41, 5.74) is 6.21. The Bertz CT molecular complexity index is 827. The van der Waals surface area contributed by atoms with Gasteiger partial charge in [0.2, 0.25) is 17.8 Å². The molecular weight excluding hydrogens is 349 g/mol. The SMILES string of the molecule is CC1CN(CC(=O)Nc2ccc(C(N)=O)cc2)CCN1c1cccc(F)n1. The van der Waals surface area contributed by atoms with E-state index in [1.807, 2.05) is 16.7 Å². The first kappa shape index (κ1) is 18.8. The number of halogens is 1. The number of nitrogens with zero attached hydrogens (tertiary/aromatic N) is 3. The number of amides is 2. The van der Waals surface area contributed by atoms with Gasteiger partial charge in [-0.05, 0) is 43.3 Å². The Morgan fingerprint density at radius 1 is 1.22 bits per heavy atom. The number of hydrogen-bond acceptors (Lipinski definition) is 5. The second-order valence-corrected chi connectivity index (χ2v) is 6.59. The van der Waals surface area contributed by atoms with Crippen LogP contribution in [0.3, 0.4) is 0 Å². The first-order valence-electron chi connectivity index (χ1n) is 8.73. The van der Waals surface area contributed by atoms with Crippen LogP contribution in [0.2, 0.25) is 0 Å². The second kappa shape index (κ2) is 8.13. The number of aromatic nitrogens is 1. The Balaban J connectivity index is 1.53. The molecule has 0 saturated carbocycles. The number of piperazine rings is 1. The molecule has 27 heavy (non-hydrogen) atoms. The topological polar surface area (TPSA) is 91.6 Å². The fourth-order valence-electron chi connectivity index (χ4n) is 3.20. The molecule has 1 aliphatic rings. The van der Waals surface area contributed by atoms with E-state index in [0.29, 0.717) is 36.7 Å². The highest BCUT2D eigenvalue weighted by molar-refractivity contribution is 5.95. The van der Waals surface area contributed by atoms with Gasteiger partial charge in [-0.3, -0.25) is 14.5 Å². The van der Waals surface area contributed by atoms with Crippen LogP contribution in [0.4, 0.5) is 15.9 Å². The van der Waals surface area contributed by atoms with Crippen molar-refractivity contribution in [3.05, 3.63) is 54.0 Å². The molecule has 142 valence electrons. The summed E-state index contributed by atoms with van der Waals surface area (Å²) in [6.45, 7) is 4.30. The number of primary amides is 1. The molecular formula is C19H22FN5O2. The zero-order valence-electron chi connectivity index (χ0n) is 15.1. The molecule has 2 aromatic rings. The van der Waals surface area contributed by atoms with E-state index in [1.54, 1.807) is 36.4 Å². The average Bonchev–Trinajstić information content (AvgIpc) is 2.62. The number of hydrogen-bond donors (Lipinski definition) is 2. The molecule has 1 aromatic heterocycles. The molecule has 1 unspecified atom stereocenters. The van der Waals surface area contributed by atoms with Crippen LogP contribution in [-0.4, -0.2) is 53.9 Å². The van der Waals surface area contributed by atoms with Gasteiger partial charge in [0.1, 0.15) is 5.82 Å². The van der Waals surface area contributed by atoms with E-state index >= 15 is 0 Å². The average molecular weight is 371 g/mol. The van der Waals surface area contributed by atoms with E-state index in [4.69, 9.17) is 5.73 Å². The number of anilines is 2. The number of carbonyl (C=O) groups is 2. The molecule has 3 N–H and O–H groups in total.